The van der Waals surface area contributed by atoms with Gasteiger partial charge in [0.1, 0.15) is 11.8 Å². The van der Waals surface area contributed by atoms with Crippen molar-refractivity contribution in [3.8, 4) is 5.75 Å². The van der Waals surface area contributed by atoms with Crippen molar-refractivity contribution in [1.29, 1.82) is 0 Å². The number of benzene rings is 2. The summed E-state index contributed by atoms with van der Waals surface area (Å²) >= 11 is 0. The first-order chi connectivity index (χ1) is 17.8. The summed E-state index contributed by atoms with van der Waals surface area (Å²) in [4.78, 5) is 23.4. The van der Waals surface area contributed by atoms with Crippen molar-refractivity contribution in [3.05, 3.63) is 64.2 Å². The highest BCUT2D eigenvalue weighted by molar-refractivity contribution is 5.84. The molecule has 2 rings (SSSR count). The van der Waals surface area contributed by atoms with Crippen LogP contribution in [-0.4, -0.2) is 40.8 Å². The molecule has 0 aliphatic carbocycles. The maximum Gasteiger partial charge on any atom is 0.326 e. The van der Waals surface area contributed by atoms with E-state index in [1.165, 1.54) is 22.3 Å². The second-order valence-electron chi connectivity index (χ2n) is 11.5. The summed E-state index contributed by atoms with van der Waals surface area (Å²) in [5.41, 5.74) is 5.62. The van der Waals surface area contributed by atoms with Crippen molar-refractivity contribution in [2.24, 2.45) is 5.41 Å². The van der Waals surface area contributed by atoms with Crippen LogP contribution in [0.1, 0.15) is 95.0 Å². The van der Waals surface area contributed by atoms with Crippen molar-refractivity contribution in [2.75, 3.05) is 6.61 Å². The Balaban J connectivity index is 2.23. The number of amides is 1. The molecule has 2 atom stereocenters. The summed E-state index contributed by atoms with van der Waals surface area (Å²) in [6.45, 7) is 16.2. The maximum atomic E-state index is 12.2. The summed E-state index contributed by atoms with van der Waals surface area (Å²) in [5.74, 6) is -0.898. The van der Waals surface area contributed by atoms with Gasteiger partial charge in [0.15, 0.2) is 6.61 Å². The van der Waals surface area contributed by atoms with Crippen LogP contribution in [0.4, 0.5) is 0 Å². The van der Waals surface area contributed by atoms with E-state index in [1.54, 1.807) is 6.92 Å². The van der Waals surface area contributed by atoms with Gasteiger partial charge in [-0.3, -0.25) is 4.79 Å². The summed E-state index contributed by atoms with van der Waals surface area (Å²) in [6.07, 6.45) is 3.42. The zero-order chi connectivity index (χ0) is 28.7. The van der Waals surface area contributed by atoms with Gasteiger partial charge >= 0.3 is 5.97 Å². The molecule has 1 amide bonds. The Bertz CT molecular complexity index is 1100. The smallest absolute Gasteiger partial charge is 0.326 e. The highest BCUT2D eigenvalue weighted by Crippen LogP contribution is 2.41. The van der Waals surface area contributed by atoms with Crippen LogP contribution in [0.5, 0.6) is 5.75 Å². The van der Waals surface area contributed by atoms with Gasteiger partial charge in [0.25, 0.3) is 5.91 Å². The van der Waals surface area contributed by atoms with Gasteiger partial charge in [-0.15, -0.1) is 0 Å². The molecular weight excluding hydrogens is 478 g/mol. The van der Waals surface area contributed by atoms with E-state index >= 15 is 0 Å². The van der Waals surface area contributed by atoms with Crippen molar-refractivity contribution < 1.29 is 24.5 Å². The predicted molar refractivity (Wildman–Crippen MR) is 153 cm³/mol. The Morgan fingerprint density at radius 3 is 2.00 bits per heavy atom. The van der Waals surface area contributed by atoms with Gasteiger partial charge in [-0.2, -0.15) is 0 Å². The molecule has 38 heavy (non-hydrogen) atoms. The van der Waals surface area contributed by atoms with Gasteiger partial charge in [-0.05, 0) is 85.3 Å². The molecule has 2 unspecified atom stereocenters. The normalized spacial score (nSPS) is 13.6. The molecule has 0 aromatic heterocycles. The third-order valence-corrected chi connectivity index (χ3v) is 7.92. The lowest BCUT2D eigenvalue weighted by atomic mass is 9.69. The third-order valence-electron chi connectivity index (χ3n) is 7.92. The number of hydrogen-bond donors (Lipinski definition) is 3. The van der Waals surface area contributed by atoms with Crippen LogP contribution >= 0.6 is 0 Å². The molecule has 3 N–H and O–H groups in total. The van der Waals surface area contributed by atoms with Crippen LogP contribution in [0.15, 0.2) is 36.4 Å². The molecule has 0 spiro atoms. The average Bonchev–Trinajstić information content (AvgIpc) is 2.86. The minimum atomic E-state index is -1.05. The third kappa shape index (κ3) is 7.59. The van der Waals surface area contributed by atoms with Crippen LogP contribution in [0.25, 0.3) is 0 Å². The molecule has 2 aromatic rings. The van der Waals surface area contributed by atoms with Crippen LogP contribution < -0.4 is 10.1 Å². The number of nitrogens with one attached hydrogen (secondary N) is 1. The number of aliphatic carboxylic acids is 1. The number of carbonyl (C=O) groups excluding carboxylic acids is 1. The standard InChI is InChI=1S/C32H47NO5/c1-9-26(30(36)37)33-29(35)20-38-27-16-15-25(19-22(27)5)32(10-2,11-3)24-14-12-23(21(4)18-24)13-17-28(34)31(6,7)8/h12,14-16,18-19,26,28,34H,9-11,13,17,20H2,1-8H3,(H,33,35)(H,36,37). The Hall–Kier alpha value is -2.86. The fourth-order valence-corrected chi connectivity index (χ4v) is 5.06. The number of aliphatic hydroxyl groups is 1. The molecule has 210 valence electrons. The maximum absolute atomic E-state index is 12.2. The molecule has 0 bridgehead atoms. The van der Waals surface area contributed by atoms with Crippen molar-refractivity contribution in [3.63, 3.8) is 0 Å². The number of rotatable bonds is 13. The molecule has 0 saturated heterocycles. The first kappa shape index (κ1) is 31.4. The Morgan fingerprint density at radius 2 is 1.53 bits per heavy atom. The molecule has 0 heterocycles. The van der Waals surface area contributed by atoms with E-state index in [0.717, 1.165) is 31.2 Å². The Labute approximate surface area is 228 Å². The van der Waals surface area contributed by atoms with E-state index in [1.807, 2.05) is 13.0 Å². The lowest BCUT2D eigenvalue weighted by molar-refractivity contribution is -0.142. The first-order valence-electron chi connectivity index (χ1n) is 13.8. The lowest BCUT2D eigenvalue weighted by Crippen LogP contribution is -2.42. The van der Waals surface area contributed by atoms with Crippen molar-refractivity contribution in [1.82, 2.24) is 5.32 Å². The molecular formula is C32H47NO5. The predicted octanol–water partition coefficient (Wildman–Crippen LogP) is 6.11. The summed E-state index contributed by atoms with van der Waals surface area (Å²) in [7, 11) is 0. The fraction of sp³-hybridized carbons (Fsp3) is 0.562. The van der Waals surface area contributed by atoms with Crippen LogP contribution in [0, 0.1) is 19.3 Å². The minimum Gasteiger partial charge on any atom is -0.484 e. The molecule has 0 aliphatic heterocycles. The number of aryl methyl sites for hydroxylation is 3. The van der Waals surface area contributed by atoms with E-state index in [9.17, 15) is 14.7 Å². The van der Waals surface area contributed by atoms with E-state index in [0.29, 0.717) is 12.2 Å². The molecule has 0 radical (unpaired) electrons. The van der Waals surface area contributed by atoms with Gasteiger partial charge < -0.3 is 20.3 Å². The van der Waals surface area contributed by atoms with Crippen LogP contribution in [-0.2, 0) is 21.4 Å². The van der Waals surface area contributed by atoms with Gasteiger partial charge in [-0.1, -0.05) is 71.9 Å². The zero-order valence-corrected chi connectivity index (χ0v) is 24.5. The summed E-state index contributed by atoms with van der Waals surface area (Å²) in [5, 5.41) is 22.1. The topological polar surface area (TPSA) is 95.9 Å². The number of carboxylic acid groups (broad SMARTS) is 1. The second-order valence-corrected chi connectivity index (χ2v) is 11.5. The first-order valence-corrected chi connectivity index (χ1v) is 13.8. The molecule has 2 aromatic carbocycles. The second kappa shape index (κ2) is 13.3. The largest absolute Gasteiger partial charge is 0.484 e. The van der Waals surface area contributed by atoms with Gasteiger partial charge in [0.05, 0.1) is 6.10 Å². The van der Waals surface area contributed by atoms with Gasteiger partial charge in [0.2, 0.25) is 0 Å². The Kier molecular flexibility index (Phi) is 11.0. The van der Waals surface area contributed by atoms with Crippen LogP contribution in [0.2, 0.25) is 0 Å². The van der Waals surface area contributed by atoms with Crippen LogP contribution in [0.3, 0.4) is 0 Å². The minimum absolute atomic E-state index is 0.124. The fourth-order valence-electron chi connectivity index (χ4n) is 5.06. The number of carboxylic acids is 1. The Morgan fingerprint density at radius 1 is 0.947 bits per heavy atom. The van der Waals surface area contributed by atoms with Gasteiger partial charge in [-0.25, -0.2) is 4.79 Å². The van der Waals surface area contributed by atoms with Gasteiger partial charge in [0, 0.05) is 5.41 Å². The zero-order valence-electron chi connectivity index (χ0n) is 24.5. The average molecular weight is 526 g/mol. The number of ether oxygens (including phenoxy) is 1. The summed E-state index contributed by atoms with van der Waals surface area (Å²) in [6, 6.07) is 11.9. The highest BCUT2D eigenvalue weighted by Gasteiger charge is 2.32. The molecule has 0 aliphatic rings. The quantitative estimate of drug-likeness (QED) is 0.293. The highest BCUT2D eigenvalue weighted by atomic mass is 16.5. The summed E-state index contributed by atoms with van der Waals surface area (Å²) < 4.78 is 5.74. The SMILES string of the molecule is CCC(NC(=O)COc1ccc(C(CC)(CC)c2ccc(CCC(O)C(C)(C)C)c(C)c2)cc1C)C(=O)O. The van der Waals surface area contributed by atoms with E-state index in [4.69, 9.17) is 9.84 Å². The number of hydrogen-bond acceptors (Lipinski definition) is 4. The molecule has 0 fully saturated rings. The monoisotopic (exact) mass is 525 g/mol. The van der Waals surface area contributed by atoms with E-state index in [2.05, 4.69) is 77.2 Å². The molecule has 6 nitrogen and oxygen atoms in total. The number of aliphatic hydroxyl groups excluding tert-OH is 1. The van der Waals surface area contributed by atoms with Crippen molar-refractivity contribution in [2.45, 2.75) is 105 Å². The van der Waals surface area contributed by atoms with E-state index in [-0.39, 0.29) is 23.5 Å². The lowest BCUT2D eigenvalue weighted by Gasteiger charge is -2.34. The number of carbonyl (C=O) groups is 2. The molecule has 0 saturated carbocycles. The van der Waals surface area contributed by atoms with E-state index < -0.39 is 17.9 Å². The van der Waals surface area contributed by atoms with Crippen molar-refractivity contribution >= 4 is 11.9 Å². The molecule has 6 heteroatoms.